The van der Waals surface area contributed by atoms with Gasteiger partial charge in [0.25, 0.3) is 0 Å². The van der Waals surface area contributed by atoms with Crippen LogP contribution >= 0.6 is 0 Å². The van der Waals surface area contributed by atoms with Crippen LogP contribution in [0, 0.1) is 0 Å². The van der Waals surface area contributed by atoms with Crippen LogP contribution in [-0.4, -0.2) is 24.0 Å². The first-order valence-corrected chi connectivity index (χ1v) is 9.89. The summed E-state index contributed by atoms with van der Waals surface area (Å²) in [5.41, 5.74) is 1.14. The number of urea groups is 1. The molecule has 0 saturated heterocycles. The summed E-state index contributed by atoms with van der Waals surface area (Å²) in [6, 6.07) is 13.7. The molecule has 5 heteroatoms. The molecule has 0 aliphatic heterocycles. The smallest absolute Gasteiger partial charge is 0.321 e. The summed E-state index contributed by atoms with van der Waals surface area (Å²) in [5, 5.41) is 11.0. The van der Waals surface area contributed by atoms with Gasteiger partial charge in [0.2, 0.25) is 5.91 Å². The molecule has 3 N–H and O–H groups in total. The van der Waals surface area contributed by atoms with E-state index in [2.05, 4.69) is 40.2 Å². The Morgan fingerprint density at radius 1 is 0.963 bits per heavy atom. The van der Waals surface area contributed by atoms with E-state index in [9.17, 15) is 9.59 Å². The van der Waals surface area contributed by atoms with E-state index in [0.29, 0.717) is 0 Å². The predicted molar refractivity (Wildman–Crippen MR) is 109 cm³/mol. The van der Waals surface area contributed by atoms with Crippen molar-refractivity contribution in [1.29, 1.82) is 0 Å². The Balaban J connectivity index is 1.56. The van der Waals surface area contributed by atoms with Crippen molar-refractivity contribution in [3.8, 4) is 0 Å². The number of hydrogen-bond acceptors (Lipinski definition) is 3. The highest BCUT2D eigenvalue weighted by Gasteiger charge is 2.21. The van der Waals surface area contributed by atoms with Crippen LogP contribution in [0.25, 0.3) is 10.8 Å². The van der Waals surface area contributed by atoms with E-state index in [0.717, 1.165) is 31.2 Å². The number of carbonyl (C=O) groups is 2. The lowest BCUT2D eigenvalue weighted by atomic mass is 9.96. The number of hydrogen-bond donors (Lipinski definition) is 3. The van der Waals surface area contributed by atoms with E-state index < -0.39 is 12.1 Å². The van der Waals surface area contributed by atoms with Crippen LogP contribution < -0.4 is 16.0 Å². The number of fused-ring (bicyclic) bond motifs is 1. The van der Waals surface area contributed by atoms with E-state index in [4.69, 9.17) is 0 Å². The number of benzene rings is 2. The molecular formula is C22H29N3O2. The Hall–Kier alpha value is -2.40. The highest BCUT2D eigenvalue weighted by molar-refractivity contribution is 5.97. The van der Waals surface area contributed by atoms with Gasteiger partial charge in [0.15, 0.2) is 0 Å². The van der Waals surface area contributed by atoms with Gasteiger partial charge < -0.3 is 5.32 Å². The van der Waals surface area contributed by atoms with E-state index in [1.165, 1.54) is 17.2 Å². The molecule has 0 aromatic heterocycles. The number of rotatable bonds is 5. The Labute approximate surface area is 160 Å². The van der Waals surface area contributed by atoms with Gasteiger partial charge in [0.1, 0.15) is 0 Å². The summed E-state index contributed by atoms with van der Waals surface area (Å²) in [6.45, 7) is 3.82. The summed E-state index contributed by atoms with van der Waals surface area (Å²) in [6.07, 6.45) is 5.49. The molecule has 2 aromatic carbocycles. The van der Waals surface area contributed by atoms with Gasteiger partial charge in [-0.05, 0) is 43.0 Å². The second-order valence-electron chi connectivity index (χ2n) is 7.48. The number of carbonyl (C=O) groups excluding carboxylic acids is 2. The molecule has 0 heterocycles. The van der Waals surface area contributed by atoms with Crippen LogP contribution in [-0.2, 0) is 4.79 Å². The van der Waals surface area contributed by atoms with Gasteiger partial charge >= 0.3 is 6.03 Å². The van der Waals surface area contributed by atoms with Crippen molar-refractivity contribution in [2.75, 3.05) is 0 Å². The zero-order chi connectivity index (χ0) is 19.2. The maximum Gasteiger partial charge on any atom is 0.321 e. The molecule has 0 unspecified atom stereocenters. The van der Waals surface area contributed by atoms with Gasteiger partial charge in [0, 0.05) is 12.1 Å². The van der Waals surface area contributed by atoms with Crippen LogP contribution in [0.3, 0.4) is 0 Å². The van der Waals surface area contributed by atoms with E-state index >= 15 is 0 Å². The topological polar surface area (TPSA) is 70.2 Å². The van der Waals surface area contributed by atoms with Crippen molar-refractivity contribution in [2.24, 2.45) is 0 Å². The average Bonchev–Trinajstić information content (AvgIpc) is 2.68. The molecular weight excluding hydrogens is 338 g/mol. The molecule has 1 fully saturated rings. The fraction of sp³-hybridized carbons (Fsp3) is 0.455. The van der Waals surface area contributed by atoms with E-state index in [1.54, 1.807) is 6.92 Å². The normalized spacial score (nSPS) is 17.3. The third-order valence-electron chi connectivity index (χ3n) is 5.36. The average molecular weight is 367 g/mol. The fourth-order valence-corrected chi connectivity index (χ4v) is 3.86. The van der Waals surface area contributed by atoms with Crippen molar-refractivity contribution >= 4 is 22.7 Å². The Bertz CT molecular complexity index is 794. The van der Waals surface area contributed by atoms with Crippen molar-refractivity contribution in [3.05, 3.63) is 48.0 Å². The molecule has 2 aromatic rings. The van der Waals surface area contributed by atoms with Crippen molar-refractivity contribution in [3.63, 3.8) is 0 Å². The zero-order valence-corrected chi connectivity index (χ0v) is 16.1. The summed E-state index contributed by atoms with van der Waals surface area (Å²) >= 11 is 0. The maximum atomic E-state index is 12.4. The van der Waals surface area contributed by atoms with Crippen LogP contribution in [0.1, 0.15) is 57.6 Å². The molecule has 2 atom stereocenters. The lowest BCUT2D eigenvalue weighted by Crippen LogP contribution is -2.50. The SMILES string of the molecule is C[C@H](N[C@@H](C)c1cccc2ccccc12)C(=O)NC(=O)NC1CCCCC1. The van der Waals surface area contributed by atoms with Crippen molar-refractivity contribution in [1.82, 2.24) is 16.0 Å². The second kappa shape index (κ2) is 9.00. The van der Waals surface area contributed by atoms with Crippen LogP contribution in [0.4, 0.5) is 4.79 Å². The van der Waals surface area contributed by atoms with Crippen LogP contribution in [0.2, 0.25) is 0 Å². The molecule has 5 nitrogen and oxygen atoms in total. The lowest BCUT2D eigenvalue weighted by molar-refractivity contribution is -0.121. The van der Waals surface area contributed by atoms with E-state index in [-0.39, 0.29) is 18.0 Å². The summed E-state index contributed by atoms with van der Waals surface area (Å²) < 4.78 is 0. The molecule has 0 radical (unpaired) electrons. The summed E-state index contributed by atoms with van der Waals surface area (Å²) in [7, 11) is 0. The van der Waals surface area contributed by atoms with Crippen molar-refractivity contribution < 1.29 is 9.59 Å². The van der Waals surface area contributed by atoms with Crippen LogP contribution in [0.15, 0.2) is 42.5 Å². The van der Waals surface area contributed by atoms with Crippen molar-refractivity contribution in [2.45, 2.75) is 64.1 Å². The highest BCUT2D eigenvalue weighted by atomic mass is 16.2. The monoisotopic (exact) mass is 367 g/mol. The minimum absolute atomic E-state index is 0.0155. The molecule has 3 amide bonds. The Morgan fingerprint density at radius 2 is 1.67 bits per heavy atom. The van der Waals surface area contributed by atoms with Gasteiger partial charge in [0.05, 0.1) is 6.04 Å². The fourth-order valence-electron chi connectivity index (χ4n) is 3.86. The van der Waals surface area contributed by atoms with Gasteiger partial charge in [-0.1, -0.05) is 61.7 Å². The largest absolute Gasteiger partial charge is 0.335 e. The lowest BCUT2D eigenvalue weighted by Gasteiger charge is -2.24. The second-order valence-corrected chi connectivity index (χ2v) is 7.48. The Kier molecular flexibility index (Phi) is 6.45. The first kappa shape index (κ1) is 19.4. The number of amides is 3. The predicted octanol–water partition coefficient (Wildman–Crippen LogP) is 4.04. The third-order valence-corrected chi connectivity index (χ3v) is 5.36. The van der Waals surface area contributed by atoms with E-state index in [1.807, 2.05) is 25.1 Å². The Morgan fingerprint density at radius 3 is 2.44 bits per heavy atom. The van der Waals surface area contributed by atoms with Gasteiger partial charge in [-0.3, -0.25) is 15.4 Å². The quantitative estimate of drug-likeness (QED) is 0.747. The maximum absolute atomic E-state index is 12.4. The minimum atomic E-state index is -0.476. The number of imide groups is 1. The van der Waals surface area contributed by atoms with Gasteiger partial charge in [-0.25, -0.2) is 4.79 Å². The first-order chi connectivity index (χ1) is 13.0. The summed E-state index contributed by atoms with van der Waals surface area (Å²) in [5.74, 6) is -0.310. The highest BCUT2D eigenvalue weighted by Crippen LogP contribution is 2.24. The van der Waals surface area contributed by atoms with Gasteiger partial charge in [-0.15, -0.1) is 0 Å². The minimum Gasteiger partial charge on any atom is -0.335 e. The standard InChI is InChI=1S/C22H29N3O2/c1-15(19-14-8-10-17-9-6-7-13-20(17)19)23-16(2)21(26)25-22(27)24-18-11-4-3-5-12-18/h6-10,13-16,18,23H,3-5,11-12H2,1-2H3,(H2,24,25,26,27)/t15-,16-/m0/s1. The first-order valence-electron chi connectivity index (χ1n) is 9.89. The molecule has 1 aliphatic carbocycles. The summed E-state index contributed by atoms with van der Waals surface area (Å²) in [4.78, 5) is 24.5. The molecule has 1 aliphatic rings. The molecule has 3 rings (SSSR count). The molecule has 0 spiro atoms. The zero-order valence-electron chi connectivity index (χ0n) is 16.1. The molecule has 1 saturated carbocycles. The molecule has 144 valence electrons. The van der Waals surface area contributed by atoms with Crippen LogP contribution in [0.5, 0.6) is 0 Å². The molecule has 0 bridgehead atoms. The number of nitrogens with one attached hydrogen (secondary N) is 3. The van der Waals surface area contributed by atoms with Gasteiger partial charge in [-0.2, -0.15) is 0 Å². The third kappa shape index (κ3) is 5.07. The molecule has 27 heavy (non-hydrogen) atoms.